The second kappa shape index (κ2) is 11.3. The fourth-order valence-electron chi connectivity index (χ4n) is 1.80. The molecule has 0 unspecified atom stereocenters. The van der Waals surface area contributed by atoms with E-state index < -0.39 is 16.1 Å². The van der Waals surface area contributed by atoms with Crippen molar-refractivity contribution in [3.05, 3.63) is 46.8 Å². The van der Waals surface area contributed by atoms with Crippen molar-refractivity contribution in [1.82, 2.24) is 0 Å². The van der Waals surface area contributed by atoms with Gasteiger partial charge in [0, 0.05) is 8.07 Å². The minimum atomic E-state index is -1.09. The average molecular weight is 393 g/mol. The van der Waals surface area contributed by atoms with Crippen molar-refractivity contribution in [2.75, 3.05) is 0 Å². The van der Waals surface area contributed by atoms with Crippen molar-refractivity contribution >= 4 is 16.1 Å². The fraction of sp³-hybridized carbons (Fsp3) is 0.500. The van der Waals surface area contributed by atoms with Gasteiger partial charge in [0.1, 0.15) is 0 Å². The zero-order chi connectivity index (χ0) is 13.8. The molecule has 0 aliphatic heterocycles. The van der Waals surface area contributed by atoms with E-state index in [0.717, 1.165) is 6.42 Å². The van der Waals surface area contributed by atoms with Gasteiger partial charge in [-0.1, -0.05) is 39.3 Å². The first-order valence-corrected chi connectivity index (χ1v) is 13.8. The predicted molar refractivity (Wildman–Crippen MR) is 87.7 cm³/mol. The Balaban J connectivity index is -0.000000349. The quantitative estimate of drug-likeness (QED) is 0.422. The predicted octanol–water partition coefficient (Wildman–Crippen LogP) is -0.888. The molecule has 0 aromatic rings. The van der Waals surface area contributed by atoms with Crippen LogP contribution in [-0.4, -0.2) is 16.1 Å². The first-order valence-electron chi connectivity index (χ1n) is 6.77. The Morgan fingerprint density at radius 1 is 0.952 bits per heavy atom. The molecule has 0 radical (unpaired) electrons. The maximum atomic E-state index is 3.67. The molecule has 2 rings (SSSR count). The molecule has 0 saturated heterocycles. The Hall–Kier alpha value is 0.688. The van der Waals surface area contributed by atoms with E-state index in [1.807, 2.05) is 12.2 Å². The van der Waals surface area contributed by atoms with E-state index in [1.165, 1.54) is 6.42 Å². The summed E-state index contributed by atoms with van der Waals surface area (Å²) in [6, 6.07) is 0. The Kier molecular flexibility index (Phi) is 14.2. The van der Waals surface area contributed by atoms with Gasteiger partial charge >= 0.3 is 21.7 Å². The van der Waals surface area contributed by atoms with E-state index in [-0.39, 0.29) is 46.5 Å². The third-order valence-corrected chi connectivity index (χ3v) is 7.18. The first kappa shape index (κ1) is 26.6. The molecule has 2 aliphatic rings. The smallest absolute Gasteiger partial charge is 1.00 e. The van der Waals surface area contributed by atoms with Crippen LogP contribution in [0.5, 0.6) is 0 Å². The van der Waals surface area contributed by atoms with Crippen LogP contribution in [0.4, 0.5) is 0 Å². The molecular weight excluding hydrogens is 367 g/mol. The van der Waals surface area contributed by atoms with E-state index >= 15 is 0 Å². The van der Waals surface area contributed by atoms with Crippen LogP contribution >= 0.6 is 0 Å². The minimum Gasteiger partial charge on any atom is -1.00 e. The van der Waals surface area contributed by atoms with Crippen molar-refractivity contribution in [2.45, 2.75) is 52.1 Å². The van der Waals surface area contributed by atoms with Gasteiger partial charge < -0.3 is 24.8 Å². The second-order valence-corrected chi connectivity index (χ2v) is 17.1. The van der Waals surface area contributed by atoms with E-state index in [2.05, 4.69) is 63.6 Å². The molecule has 0 atom stereocenters. The normalized spacial score (nSPS) is 15.7. The molecule has 0 N–H and O–H groups in total. The van der Waals surface area contributed by atoms with Crippen LogP contribution < -0.4 is 24.8 Å². The van der Waals surface area contributed by atoms with Gasteiger partial charge in [-0.3, -0.25) is 12.2 Å². The molecule has 0 nitrogen and oxygen atoms in total. The topological polar surface area (TPSA) is 0 Å². The Morgan fingerprint density at radius 2 is 1.52 bits per heavy atom. The summed E-state index contributed by atoms with van der Waals surface area (Å²) in [5.41, 5.74) is 0. The number of allylic oxidation sites excluding steroid dienone is 8. The van der Waals surface area contributed by atoms with Crippen molar-refractivity contribution in [3.63, 3.8) is 0 Å². The van der Waals surface area contributed by atoms with Crippen molar-refractivity contribution < 1.29 is 46.5 Å². The van der Waals surface area contributed by atoms with Gasteiger partial charge in [-0.15, -0.1) is 12.8 Å². The van der Waals surface area contributed by atoms with Gasteiger partial charge in [0.25, 0.3) is 0 Å². The molecule has 116 valence electrons. The van der Waals surface area contributed by atoms with E-state index in [9.17, 15) is 0 Å². The maximum Gasteiger partial charge on any atom is 4.00 e. The van der Waals surface area contributed by atoms with E-state index in [0.29, 0.717) is 0 Å². The van der Waals surface area contributed by atoms with E-state index in [4.69, 9.17) is 0 Å². The molecular formula is C16H26Cl2Si2Ti. The van der Waals surface area contributed by atoms with Crippen LogP contribution in [0.3, 0.4) is 0 Å². The monoisotopic (exact) mass is 392 g/mol. The molecule has 0 amide bonds. The van der Waals surface area contributed by atoms with Crippen molar-refractivity contribution in [2.24, 2.45) is 0 Å². The zero-order valence-corrected chi connectivity index (χ0v) is 19.1. The van der Waals surface area contributed by atoms with Gasteiger partial charge in [-0.2, -0.15) is 11.3 Å². The van der Waals surface area contributed by atoms with Crippen molar-refractivity contribution in [1.29, 1.82) is 0 Å². The van der Waals surface area contributed by atoms with Crippen LogP contribution in [0.15, 0.2) is 34.7 Å². The van der Waals surface area contributed by atoms with Gasteiger partial charge in [0.15, 0.2) is 0 Å². The summed E-state index contributed by atoms with van der Waals surface area (Å²) in [5.74, 6) is 0. The number of rotatable bonds is 2. The van der Waals surface area contributed by atoms with Gasteiger partial charge in [0.05, 0.1) is 8.07 Å². The minimum absolute atomic E-state index is 0. The first-order chi connectivity index (χ1) is 8.21. The largest absolute Gasteiger partial charge is 4.00 e. The molecule has 0 aromatic carbocycles. The summed E-state index contributed by atoms with van der Waals surface area (Å²) in [5, 5.41) is 3.16. The molecule has 0 fully saturated rings. The summed E-state index contributed by atoms with van der Waals surface area (Å²) >= 11 is 0. The van der Waals surface area contributed by atoms with Gasteiger partial charge in [0.2, 0.25) is 0 Å². The summed E-state index contributed by atoms with van der Waals surface area (Å²) in [7, 11) is -2.16. The summed E-state index contributed by atoms with van der Waals surface area (Å²) < 4.78 is 0. The summed E-state index contributed by atoms with van der Waals surface area (Å²) in [6.07, 6.45) is 17.3. The number of halogens is 2. The van der Waals surface area contributed by atoms with Crippen molar-refractivity contribution in [3.8, 4) is 0 Å². The molecule has 5 heteroatoms. The Morgan fingerprint density at radius 3 is 1.71 bits per heavy atom. The van der Waals surface area contributed by atoms with Crippen LogP contribution in [-0.2, 0) is 21.7 Å². The second-order valence-electron chi connectivity index (χ2n) is 6.93. The molecule has 0 heterocycles. The molecule has 21 heavy (non-hydrogen) atoms. The standard InChI is InChI=1S/C11H21Si2.C5H5.2ClH.Ti/c1-12(2,3)10-7-8-11(9-10)13(4,5)6;1-2-4-5-3-1;;;/h7H,8H2,1-6H3;1-3H,4H2;2*1H;/q2*-1;;;+4/p-2. The van der Waals surface area contributed by atoms with Gasteiger partial charge in [-0.25, -0.2) is 23.4 Å². The Bertz CT molecular complexity index is 401. The SMILES string of the molecule is C[Si](C)(C)C1=[C-]C([Si](C)(C)C)=CC1.[C-]1=CC=CC1.[Cl-].[Cl-].[Ti+4]. The van der Waals surface area contributed by atoms with Crippen LogP contribution in [0.1, 0.15) is 12.8 Å². The summed E-state index contributed by atoms with van der Waals surface area (Å²) in [6.45, 7) is 14.4. The summed E-state index contributed by atoms with van der Waals surface area (Å²) in [4.78, 5) is 0. The third-order valence-electron chi connectivity index (χ3n) is 3.10. The molecule has 0 saturated carbocycles. The fourth-order valence-corrected chi connectivity index (χ4v) is 4.39. The van der Waals surface area contributed by atoms with E-state index in [1.54, 1.807) is 10.4 Å². The number of hydrogen-bond donors (Lipinski definition) is 0. The molecule has 2 aliphatic carbocycles. The van der Waals surface area contributed by atoms with Crippen LogP contribution in [0, 0.1) is 12.2 Å². The maximum absolute atomic E-state index is 3.67. The molecule has 0 spiro atoms. The zero-order valence-electron chi connectivity index (χ0n) is 14.0. The molecule has 0 aromatic heterocycles. The number of hydrogen-bond acceptors (Lipinski definition) is 0. The van der Waals surface area contributed by atoms with Crippen LogP contribution in [0.2, 0.25) is 39.3 Å². The van der Waals surface area contributed by atoms with Gasteiger partial charge in [-0.05, 0) is 0 Å². The van der Waals surface area contributed by atoms with Crippen LogP contribution in [0.25, 0.3) is 0 Å². The molecule has 0 bridgehead atoms. The third kappa shape index (κ3) is 10.1. The average Bonchev–Trinajstić information content (AvgIpc) is 2.91. The Labute approximate surface area is 161 Å².